The summed E-state index contributed by atoms with van der Waals surface area (Å²) in [4.78, 5) is 9.42. The first-order chi connectivity index (χ1) is 14.0. The molecule has 29 heavy (non-hydrogen) atoms. The van der Waals surface area contributed by atoms with Gasteiger partial charge in [0, 0.05) is 24.9 Å². The zero-order valence-corrected chi connectivity index (χ0v) is 15.9. The lowest BCUT2D eigenvalue weighted by Gasteiger charge is -2.32. The quantitative estimate of drug-likeness (QED) is 0.564. The molecule has 1 aliphatic rings. The van der Waals surface area contributed by atoms with Crippen LogP contribution in [-0.2, 0) is 6.42 Å². The average Bonchev–Trinajstić information content (AvgIpc) is 3.44. The van der Waals surface area contributed by atoms with Crippen LogP contribution in [0.15, 0.2) is 35.1 Å². The van der Waals surface area contributed by atoms with Gasteiger partial charge in [-0.25, -0.2) is 9.50 Å². The summed E-state index contributed by atoms with van der Waals surface area (Å²) in [5, 5.41) is 12.1. The third kappa shape index (κ3) is 2.86. The zero-order valence-electron chi connectivity index (χ0n) is 15.9. The van der Waals surface area contributed by atoms with E-state index in [2.05, 4.69) is 40.1 Å². The van der Waals surface area contributed by atoms with Crippen LogP contribution >= 0.6 is 0 Å². The predicted molar refractivity (Wildman–Crippen MR) is 100 cm³/mol. The highest BCUT2D eigenvalue weighted by Crippen LogP contribution is 2.37. The second-order valence-electron chi connectivity index (χ2n) is 7.35. The molecule has 1 aliphatic heterocycles. The van der Waals surface area contributed by atoms with Crippen molar-refractivity contribution in [3.05, 3.63) is 59.3 Å². The number of alkyl halides is 2. The van der Waals surface area contributed by atoms with Crippen LogP contribution in [-0.4, -0.2) is 36.3 Å². The molecule has 5 heterocycles. The van der Waals surface area contributed by atoms with Crippen molar-refractivity contribution >= 4 is 11.5 Å². The number of hydrogen-bond acceptors (Lipinski definition) is 6. The number of rotatable bonds is 4. The van der Waals surface area contributed by atoms with Gasteiger partial charge in [0.05, 0.1) is 23.2 Å². The van der Waals surface area contributed by atoms with Gasteiger partial charge in [-0.3, -0.25) is 0 Å². The van der Waals surface area contributed by atoms with Gasteiger partial charge >= 0.3 is 12.4 Å². The second-order valence-corrected chi connectivity index (χ2v) is 7.35. The Kier molecular flexibility index (Phi) is 4.07. The summed E-state index contributed by atoms with van der Waals surface area (Å²) in [5.41, 5.74) is 4.68. The predicted octanol–water partition coefficient (Wildman–Crippen LogP) is 3.65. The molecule has 0 radical (unpaired) electrons. The summed E-state index contributed by atoms with van der Waals surface area (Å²) in [7, 11) is 0. The fourth-order valence-electron chi connectivity index (χ4n) is 3.89. The minimum Gasteiger partial charge on any atom is -0.402 e. The molecule has 4 aromatic rings. The Morgan fingerprint density at radius 1 is 1.28 bits per heavy atom. The first-order valence-electron chi connectivity index (χ1n) is 9.41. The molecule has 0 saturated heterocycles. The molecule has 1 unspecified atom stereocenters. The molecule has 0 bridgehead atoms. The van der Waals surface area contributed by atoms with Gasteiger partial charge in [-0.2, -0.15) is 13.9 Å². The number of aromatic amines is 1. The molecular formula is C19H19F2N7O. The van der Waals surface area contributed by atoms with Crippen LogP contribution < -0.4 is 4.90 Å². The molecule has 4 aromatic heterocycles. The van der Waals surface area contributed by atoms with Crippen LogP contribution in [0.4, 0.5) is 14.8 Å². The maximum absolute atomic E-state index is 13.0. The van der Waals surface area contributed by atoms with Crippen molar-refractivity contribution in [3.8, 4) is 0 Å². The van der Waals surface area contributed by atoms with Crippen molar-refractivity contribution in [3.63, 3.8) is 0 Å². The standard InChI is InChI=1S/C19H19F2N7O/c1-10(2)11-4-3-6-28-14(11)8-13(26-28)16-15-12(22-9-23-15)5-7-27(16)19-25-24-18(29-19)17(20)21/h3-4,6,8-10,16-17H,5,7H2,1-2H3,(H,22,23). The van der Waals surface area contributed by atoms with Gasteiger partial charge in [0.1, 0.15) is 6.04 Å². The minimum atomic E-state index is -2.82. The summed E-state index contributed by atoms with van der Waals surface area (Å²) in [6.07, 6.45) is 1.37. The number of aromatic nitrogens is 6. The highest BCUT2D eigenvalue weighted by atomic mass is 19.3. The lowest BCUT2D eigenvalue weighted by atomic mass is 9.99. The van der Waals surface area contributed by atoms with Crippen molar-refractivity contribution < 1.29 is 13.2 Å². The summed E-state index contributed by atoms with van der Waals surface area (Å²) in [6.45, 7) is 4.77. The van der Waals surface area contributed by atoms with Crippen molar-refractivity contribution in [1.29, 1.82) is 0 Å². The topological polar surface area (TPSA) is 88.1 Å². The van der Waals surface area contributed by atoms with Gasteiger partial charge in [0.15, 0.2) is 0 Å². The molecule has 0 aliphatic carbocycles. The van der Waals surface area contributed by atoms with E-state index < -0.39 is 18.4 Å². The van der Waals surface area contributed by atoms with Crippen molar-refractivity contribution in [2.24, 2.45) is 0 Å². The number of halogens is 2. The third-order valence-corrected chi connectivity index (χ3v) is 5.24. The summed E-state index contributed by atoms with van der Waals surface area (Å²) in [5.74, 6) is -0.361. The molecule has 5 rings (SSSR count). The number of anilines is 1. The third-order valence-electron chi connectivity index (χ3n) is 5.24. The molecule has 1 N–H and O–H groups in total. The number of hydrogen-bond donors (Lipinski definition) is 1. The molecule has 10 heteroatoms. The zero-order chi connectivity index (χ0) is 20.1. The number of imidazole rings is 1. The molecular weight excluding hydrogens is 380 g/mol. The first kappa shape index (κ1) is 17.8. The van der Waals surface area contributed by atoms with E-state index in [-0.39, 0.29) is 6.01 Å². The van der Waals surface area contributed by atoms with Gasteiger partial charge in [-0.15, -0.1) is 5.10 Å². The highest BCUT2D eigenvalue weighted by molar-refractivity contribution is 5.58. The van der Waals surface area contributed by atoms with Crippen LogP contribution in [0, 0.1) is 0 Å². The first-order valence-corrected chi connectivity index (χ1v) is 9.41. The van der Waals surface area contributed by atoms with Crippen molar-refractivity contribution in [1.82, 2.24) is 29.8 Å². The summed E-state index contributed by atoms with van der Waals surface area (Å²) in [6, 6.07) is 5.68. The van der Waals surface area contributed by atoms with E-state index in [9.17, 15) is 8.78 Å². The van der Waals surface area contributed by atoms with Crippen LogP contribution in [0.3, 0.4) is 0 Å². The lowest BCUT2D eigenvalue weighted by molar-refractivity contribution is 0.115. The number of nitrogens with zero attached hydrogens (tertiary/aromatic N) is 6. The average molecular weight is 399 g/mol. The monoisotopic (exact) mass is 399 g/mol. The lowest BCUT2D eigenvalue weighted by Crippen LogP contribution is -2.36. The maximum Gasteiger partial charge on any atom is 0.319 e. The number of fused-ring (bicyclic) bond motifs is 2. The second kappa shape index (κ2) is 6.64. The maximum atomic E-state index is 13.0. The van der Waals surface area contributed by atoms with Crippen molar-refractivity contribution in [2.45, 2.75) is 38.7 Å². The molecule has 0 fully saturated rings. The van der Waals surface area contributed by atoms with Gasteiger partial charge in [-0.1, -0.05) is 25.0 Å². The minimum absolute atomic E-state index is 0.0417. The van der Waals surface area contributed by atoms with Crippen LogP contribution in [0.25, 0.3) is 5.52 Å². The molecule has 0 spiro atoms. The molecule has 0 amide bonds. The number of H-pyrrole nitrogens is 1. The van der Waals surface area contributed by atoms with Gasteiger partial charge in [0.25, 0.3) is 5.89 Å². The summed E-state index contributed by atoms with van der Waals surface area (Å²) >= 11 is 0. The SMILES string of the molecule is CC(C)c1cccn2nc(C3c4nc[nH]c4CCN3c3nnc(C(F)F)o3)cc12. The van der Waals surface area contributed by atoms with Crippen molar-refractivity contribution in [2.75, 3.05) is 11.4 Å². The van der Waals surface area contributed by atoms with E-state index in [1.165, 1.54) is 5.56 Å². The van der Waals surface area contributed by atoms with E-state index >= 15 is 0 Å². The number of pyridine rings is 1. The van der Waals surface area contributed by atoms with Gasteiger partial charge in [0.2, 0.25) is 0 Å². The fourth-order valence-corrected chi connectivity index (χ4v) is 3.89. The largest absolute Gasteiger partial charge is 0.402 e. The number of nitrogens with one attached hydrogen (secondary N) is 1. The van der Waals surface area contributed by atoms with E-state index in [0.717, 1.165) is 22.6 Å². The van der Waals surface area contributed by atoms with E-state index in [4.69, 9.17) is 9.52 Å². The Balaban J connectivity index is 1.65. The molecule has 0 saturated carbocycles. The molecule has 1 atom stereocenters. The van der Waals surface area contributed by atoms with E-state index in [1.54, 1.807) is 11.2 Å². The van der Waals surface area contributed by atoms with Gasteiger partial charge < -0.3 is 14.3 Å². The Hall–Kier alpha value is -3.30. The van der Waals surface area contributed by atoms with Crippen LogP contribution in [0.2, 0.25) is 0 Å². The van der Waals surface area contributed by atoms with Crippen LogP contribution in [0.5, 0.6) is 0 Å². The Labute approximate surface area is 164 Å². The Morgan fingerprint density at radius 2 is 2.14 bits per heavy atom. The molecule has 8 nitrogen and oxygen atoms in total. The summed E-state index contributed by atoms with van der Waals surface area (Å²) < 4.78 is 33.0. The van der Waals surface area contributed by atoms with Crippen LogP contribution in [0.1, 0.15) is 60.8 Å². The fraction of sp³-hybridized carbons (Fsp3) is 0.368. The van der Waals surface area contributed by atoms with E-state index in [1.807, 2.05) is 22.8 Å². The van der Waals surface area contributed by atoms with Gasteiger partial charge in [-0.05, 0) is 23.6 Å². The molecule has 150 valence electrons. The Bertz CT molecular complexity index is 1160. The highest BCUT2D eigenvalue weighted by Gasteiger charge is 2.36. The Morgan fingerprint density at radius 3 is 2.90 bits per heavy atom. The smallest absolute Gasteiger partial charge is 0.319 e. The van der Waals surface area contributed by atoms with E-state index in [0.29, 0.717) is 18.9 Å². The normalized spacial score (nSPS) is 16.9. The molecule has 0 aromatic carbocycles.